The summed E-state index contributed by atoms with van der Waals surface area (Å²) in [7, 11) is 0. The molecule has 0 saturated heterocycles. The first-order valence-corrected chi connectivity index (χ1v) is 4.22. The zero-order valence-corrected chi connectivity index (χ0v) is 10.7. The van der Waals surface area contributed by atoms with Crippen molar-refractivity contribution in [1.29, 1.82) is 0 Å². The minimum atomic E-state index is -0.299. The van der Waals surface area contributed by atoms with Gasteiger partial charge in [0.1, 0.15) is 0 Å². The molecule has 0 radical (unpaired) electrons. The van der Waals surface area contributed by atoms with Gasteiger partial charge in [0.2, 0.25) is 5.91 Å². The van der Waals surface area contributed by atoms with Crippen LogP contribution in [-0.2, 0) is 10.2 Å². The number of primary amides is 1. The van der Waals surface area contributed by atoms with Crippen molar-refractivity contribution < 1.29 is 4.79 Å². The number of nitrogens with zero attached hydrogens (tertiary/aromatic N) is 1. The molecule has 15 heavy (non-hydrogen) atoms. The Hall–Kier alpha value is -0.740. The van der Waals surface area contributed by atoms with Crippen LogP contribution in [0.3, 0.4) is 0 Å². The van der Waals surface area contributed by atoms with Gasteiger partial charge in [-0.3, -0.25) is 4.79 Å². The molecule has 0 aromatic carbocycles. The second-order valence-corrected chi connectivity index (χ2v) is 3.90. The van der Waals surface area contributed by atoms with Gasteiger partial charge in [-0.25, -0.2) is 4.98 Å². The van der Waals surface area contributed by atoms with E-state index < -0.39 is 0 Å². The Morgan fingerprint density at radius 2 is 2.07 bits per heavy atom. The summed E-state index contributed by atoms with van der Waals surface area (Å²) in [6.07, 6.45) is 1.95. The Morgan fingerprint density at radius 3 is 2.40 bits per heavy atom. The number of aryl methyl sites for hydroxylation is 1. The Morgan fingerprint density at radius 1 is 1.53 bits per heavy atom. The number of H-pyrrole nitrogens is 1. The molecule has 1 rings (SSSR count). The topological polar surface area (TPSA) is 71.8 Å². The second kappa shape index (κ2) is 5.98. The molecule has 0 bridgehead atoms. The second-order valence-electron chi connectivity index (χ2n) is 3.90. The lowest BCUT2D eigenvalue weighted by Crippen LogP contribution is -2.27. The number of halogens is 2. The van der Waals surface area contributed by atoms with Crippen molar-refractivity contribution in [2.24, 2.45) is 5.73 Å². The van der Waals surface area contributed by atoms with Gasteiger partial charge in [-0.05, 0) is 6.92 Å². The number of nitrogens with one attached hydrogen (secondary N) is 1. The molecule has 1 aromatic heterocycles. The molecule has 88 valence electrons. The van der Waals surface area contributed by atoms with Gasteiger partial charge in [0, 0.05) is 17.5 Å². The van der Waals surface area contributed by atoms with E-state index in [4.69, 9.17) is 5.73 Å². The molecular weight excluding hydrogens is 237 g/mol. The number of amides is 1. The van der Waals surface area contributed by atoms with Crippen molar-refractivity contribution in [3.63, 3.8) is 0 Å². The molecule has 0 atom stereocenters. The van der Waals surface area contributed by atoms with E-state index in [9.17, 15) is 4.79 Å². The van der Waals surface area contributed by atoms with Crippen LogP contribution in [-0.4, -0.2) is 15.9 Å². The highest BCUT2D eigenvalue weighted by Crippen LogP contribution is 2.26. The first-order chi connectivity index (χ1) is 5.93. The third-order valence-corrected chi connectivity index (χ3v) is 2.09. The third kappa shape index (κ3) is 4.10. The summed E-state index contributed by atoms with van der Waals surface area (Å²) in [5, 5.41) is 0. The van der Waals surface area contributed by atoms with Gasteiger partial charge in [-0.1, -0.05) is 13.8 Å². The lowest BCUT2D eigenvalue weighted by atomic mass is 9.84. The van der Waals surface area contributed by atoms with E-state index in [1.54, 1.807) is 6.33 Å². The molecule has 0 unspecified atom stereocenters. The van der Waals surface area contributed by atoms with E-state index in [-0.39, 0.29) is 36.1 Å². The molecule has 0 spiro atoms. The van der Waals surface area contributed by atoms with Crippen LogP contribution in [0, 0.1) is 6.92 Å². The monoisotopic (exact) mass is 253 g/mol. The number of rotatable bonds is 3. The summed E-state index contributed by atoms with van der Waals surface area (Å²) in [6.45, 7) is 5.85. The van der Waals surface area contributed by atoms with Gasteiger partial charge in [0.15, 0.2) is 0 Å². The van der Waals surface area contributed by atoms with Crippen LogP contribution in [0.4, 0.5) is 0 Å². The number of imidazole rings is 1. The van der Waals surface area contributed by atoms with Crippen molar-refractivity contribution in [2.75, 3.05) is 0 Å². The summed E-state index contributed by atoms with van der Waals surface area (Å²) in [6, 6.07) is 0. The zero-order chi connectivity index (χ0) is 10.1. The Labute approximate surface area is 102 Å². The zero-order valence-electron chi connectivity index (χ0n) is 9.03. The summed E-state index contributed by atoms with van der Waals surface area (Å²) >= 11 is 0. The summed E-state index contributed by atoms with van der Waals surface area (Å²) in [5.41, 5.74) is 6.78. The molecule has 1 heterocycles. The molecule has 0 saturated carbocycles. The number of hydrogen-bond acceptors (Lipinski definition) is 2. The Kier molecular flexibility index (Phi) is 6.65. The largest absolute Gasteiger partial charge is 0.370 e. The van der Waals surface area contributed by atoms with Crippen molar-refractivity contribution >= 4 is 30.7 Å². The van der Waals surface area contributed by atoms with Gasteiger partial charge < -0.3 is 10.7 Å². The van der Waals surface area contributed by atoms with Crippen LogP contribution in [0.1, 0.15) is 31.7 Å². The molecular formula is C9H17Cl2N3O. The molecule has 6 heteroatoms. The maximum Gasteiger partial charge on any atom is 0.218 e. The number of aromatic nitrogens is 2. The predicted octanol–water partition coefficient (Wildman–Crippen LogP) is 1.71. The van der Waals surface area contributed by atoms with E-state index in [0.29, 0.717) is 6.42 Å². The lowest BCUT2D eigenvalue weighted by molar-refractivity contribution is -0.119. The highest BCUT2D eigenvalue weighted by atomic mass is 35.5. The quantitative estimate of drug-likeness (QED) is 0.861. The number of carbonyl (C=O) groups is 1. The normalized spacial score (nSPS) is 10.1. The summed E-state index contributed by atoms with van der Waals surface area (Å²) < 4.78 is 0. The molecule has 0 aliphatic carbocycles. The molecule has 4 nitrogen and oxygen atoms in total. The maximum absolute atomic E-state index is 10.8. The van der Waals surface area contributed by atoms with Crippen molar-refractivity contribution in [3.05, 3.63) is 17.7 Å². The van der Waals surface area contributed by atoms with Gasteiger partial charge in [0.05, 0.1) is 12.0 Å². The van der Waals surface area contributed by atoms with Crippen molar-refractivity contribution in [1.82, 2.24) is 9.97 Å². The smallest absolute Gasteiger partial charge is 0.218 e. The average Bonchev–Trinajstić information content (AvgIpc) is 2.32. The van der Waals surface area contributed by atoms with Crippen LogP contribution in [0.5, 0.6) is 0 Å². The van der Waals surface area contributed by atoms with E-state index >= 15 is 0 Å². The van der Waals surface area contributed by atoms with Crippen molar-refractivity contribution in [2.45, 2.75) is 32.6 Å². The number of aromatic amines is 1. The minimum Gasteiger partial charge on any atom is -0.370 e. The fourth-order valence-corrected chi connectivity index (χ4v) is 1.56. The molecule has 0 fully saturated rings. The lowest BCUT2D eigenvalue weighted by Gasteiger charge is -2.21. The maximum atomic E-state index is 10.8. The SMILES string of the molecule is Cc1[nH]cnc1C(C)(C)CC(N)=O.Cl.Cl. The first-order valence-electron chi connectivity index (χ1n) is 4.22. The van der Waals surface area contributed by atoms with Crippen LogP contribution < -0.4 is 5.73 Å². The molecule has 1 aromatic rings. The van der Waals surface area contributed by atoms with Crippen LogP contribution in [0.2, 0.25) is 0 Å². The fraction of sp³-hybridized carbons (Fsp3) is 0.556. The van der Waals surface area contributed by atoms with E-state index in [1.807, 2.05) is 20.8 Å². The Bertz CT molecular complexity index is 323. The van der Waals surface area contributed by atoms with Gasteiger partial charge in [-0.2, -0.15) is 0 Å². The average molecular weight is 254 g/mol. The van der Waals surface area contributed by atoms with Gasteiger partial charge in [-0.15, -0.1) is 24.8 Å². The third-order valence-electron chi connectivity index (χ3n) is 2.09. The van der Waals surface area contributed by atoms with E-state index in [1.165, 1.54) is 0 Å². The van der Waals surface area contributed by atoms with Gasteiger partial charge in [0.25, 0.3) is 0 Å². The molecule has 3 N–H and O–H groups in total. The van der Waals surface area contributed by atoms with Crippen molar-refractivity contribution in [3.8, 4) is 0 Å². The standard InChI is InChI=1S/C9H15N3O.2ClH/c1-6-8(12-5-11-6)9(2,3)4-7(10)13;;/h5H,4H2,1-3H3,(H2,10,13)(H,11,12);2*1H. The first kappa shape index (κ1) is 16.7. The summed E-state index contributed by atoms with van der Waals surface area (Å²) in [5.74, 6) is -0.299. The van der Waals surface area contributed by atoms with E-state index in [0.717, 1.165) is 11.4 Å². The van der Waals surface area contributed by atoms with Gasteiger partial charge >= 0.3 is 0 Å². The van der Waals surface area contributed by atoms with E-state index in [2.05, 4.69) is 9.97 Å². The van der Waals surface area contributed by atoms with Crippen LogP contribution >= 0.6 is 24.8 Å². The van der Waals surface area contributed by atoms with Crippen LogP contribution in [0.25, 0.3) is 0 Å². The minimum absolute atomic E-state index is 0. The Balaban J connectivity index is 0. The number of hydrogen-bond donors (Lipinski definition) is 2. The molecule has 1 amide bonds. The molecule has 0 aliphatic rings. The fourth-order valence-electron chi connectivity index (χ4n) is 1.56. The highest BCUT2D eigenvalue weighted by Gasteiger charge is 2.26. The molecule has 0 aliphatic heterocycles. The highest BCUT2D eigenvalue weighted by molar-refractivity contribution is 5.85. The number of nitrogens with two attached hydrogens (primary N) is 1. The predicted molar refractivity (Wildman–Crippen MR) is 64.7 cm³/mol. The summed E-state index contributed by atoms with van der Waals surface area (Å²) in [4.78, 5) is 18.0. The number of carbonyl (C=O) groups excluding carboxylic acids is 1. The van der Waals surface area contributed by atoms with Crippen LogP contribution in [0.15, 0.2) is 6.33 Å².